The van der Waals surface area contributed by atoms with Crippen molar-refractivity contribution >= 4 is 39.7 Å². The Morgan fingerprint density at radius 2 is 1.81 bits per heavy atom. The molecule has 1 atom stereocenters. The molecule has 27 heavy (non-hydrogen) atoms. The molecule has 3 aromatic rings. The van der Waals surface area contributed by atoms with Gasteiger partial charge in [0.25, 0.3) is 5.91 Å². The number of benzene rings is 2. The van der Waals surface area contributed by atoms with Crippen LogP contribution in [0.2, 0.25) is 0 Å². The van der Waals surface area contributed by atoms with Crippen LogP contribution >= 0.6 is 11.5 Å². The second-order valence-corrected chi connectivity index (χ2v) is 6.78. The number of amides is 2. The molecule has 0 aliphatic carbocycles. The Bertz CT molecular complexity index is 971. The van der Waals surface area contributed by atoms with Gasteiger partial charge in [-0.25, -0.2) is 0 Å². The van der Waals surface area contributed by atoms with Gasteiger partial charge in [0, 0.05) is 5.69 Å². The third-order valence-corrected chi connectivity index (χ3v) is 4.70. The van der Waals surface area contributed by atoms with Gasteiger partial charge in [-0.1, -0.05) is 30.3 Å². The van der Waals surface area contributed by atoms with E-state index in [0.29, 0.717) is 16.9 Å². The van der Waals surface area contributed by atoms with Gasteiger partial charge in [-0.15, -0.1) is 0 Å². The highest BCUT2D eigenvalue weighted by atomic mass is 32.1. The number of nitrogens with zero attached hydrogens (tertiary/aromatic N) is 1. The van der Waals surface area contributed by atoms with Gasteiger partial charge < -0.3 is 22.1 Å². The van der Waals surface area contributed by atoms with Crippen LogP contribution in [0.1, 0.15) is 27.7 Å². The summed E-state index contributed by atoms with van der Waals surface area (Å²) in [6, 6.07) is 15.3. The van der Waals surface area contributed by atoms with Crippen molar-refractivity contribution in [1.29, 1.82) is 0 Å². The molecule has 8 heteroatoms. The molecule has 3 rings (SSSR count). The van der Waals surface area contributed by atoms with Crippen LogP contribution in [-0.2, 0) is 4.79 Å². The van der Waals surface area contributed by atoms with E-state index in [1.54, 1.807) is 18.2 Å². The van der Waals surface area contributed by atoms with Crippen LogP contribution in [0, 0.1) is 6.92 Å². The number of anilines is 3. The largest absolute Gasteiger partial charge is 0.370 e. The average molecular weight is 381 g/mol. The van der Waals surface area contributed by atoms with Crippen molar-refractivity contribution in [3.63, 3.8) is 0 Å². The fourth-order valence-electron chi connectivity index (χ4n) is 2.64. The minimum absolute atomic E-state index is 0.335. The summed E-state index contributed by atoms with van der Waals surface area (Å²) in [4.78, 5) is 23.7. The molecule has 0 aliphatic heterocycles. The van der Waals surface area contributed by atoms with E-state index in [9.17, 15) is 9.59 Å². The maximum Gasteiger partial charge on any atom is 0.250 e. The summed E-state index contributed by atoms with van der Waals surface area (Å²) in [6.45, 7) is 1.88. The Morgan fingerprint density at radius 1 is 1.07 bits per heavy atom. The normalized spacial score (nSPS) is 11.6. The molecule has 2 aromatic carbocycles. The van der Waals surface area contributed by atoms with E-state index in [-0.39, 0.29) is 0 Å². The lowest BCUT2D eigenvalue weighted by atomic mass is 10.1. The van der Waals surface area contributed by atoms with Gasteiger partial charge in [0.1, 0.15) is 11.0 Å². The summed E-state index contributed by atoms with van der Waals surface area (Å²) in [7, 11) is 0. The molecule has 138 valence electrons. The number of nitrogens with two attached hydrogens (primary N) is 2. The van der Waals surface area contributed by atoms with E-state index in [2.05, 4.69) is 15.0 Å². The zero-order chi connectivity index (χ0) is 19.4. The van der Waals surface area contributed by atoms with Crippen LogP contribution in [0.5, 0.6) is 0 Å². The Balaban J connectivity index is 1.92. The topological polar surface area (TPSA) is 123 Å². The molecule has 0 saturated heterocycles. The van der Waals surface area contributed by atoms with Gasteiger partial charge in [0.2, 0.25) is 5.91 Å². The Hall–Kier alpha value is -3.39. The predicted octanol–water partition coefficient (Wildman–Crippen LogP) is 2.93. The lowest BCUT2D eigenvalue weighted by molar-refractivity contribution is -0.118. The standard InChI is InChI=1S/C19H19N5O2S/c1-11-9-16(27-24-11)23-15-10-13(7-8-14(15)18(20)25)22-17(19(21)26)12-5-3-2-4-6-12/h2-10,17,22-23H,1H3,(H2,20,25)(H2,21,26)/t17-/m1/s1. The fourth-order valence-corrected chi connectivity index (χ4v) is 3.31. The van der Waals surface area contributed by atoms with Gasteiger partial charge in [-0.2, -0.15) is 4.37 Å². The van der Waals surface area contributed by atoms with Crippen molar-refractivity contribution in [1.82, 2.24) is 4.37 Å². The van der Waals surface area contributed by atoms with Gasteiger partial charge >= 0.3 is 0 Å². The molecule has 0 aliphatic rings. The molecule has 1 heterocycles. The van der Waals surface area contributed by atoms with Crippen molar-refractivity contribution in [2.45, 2.75) is 13.0 Å². The molecule has 0 radical (unpaired) electrons. The number of carbonyl (C=O) groups excluding carboxylic acids is 2. The minimum Gasteiger partial charge on any atom is -0.370 e. The minimum atomic E-state index is -0.705. The highest BCUT2D eigenvalue weighted by molar-refractivity contribution is 7.10. The monoisotopic (exact) mass is 381 g/mol. The molecule has 0 spiro atoms. The number of hydrogen-bond acceptors (Lipinski definition) is 6. The molecule has 6 N–H and O–H groups in total. The first-order valence-electron chi connectivity index (χ1n) is 8.19. The molecule has 2 amide bonds. The van der Waals surface area contributed by atoms with Crippen molar-refractivity contribution in [2.24, 2.45) is 11.5 Å². The molecule has 0 bridgehead atoms. The third kappa shape index (κ3) is 4.42. The molecule has 0 unspecified atom stereocenters. The average Bonchev–Trinajstić information content (AvgIpc) is 3.05. The Labute approximate surface area is 160 Å². The number of aromatic nitrogens is 1. The predicted molar refractivity (Wildman–Crippen MR) is 107 cm³/mol. The molecular formula is C19H19N5O2S. The number of hydrogen-bond donors (Lipinski definition) is 4. The van der Waals surface area contributed by atoms with E-state index in [0.717, 1.165) is 16.3 Å². The number of primary amides is 2. The van der Waals surface area contributed by atoms with Crippen LogP contribution in [0.3, 0.4) is 0 Å². The zero-order valence-electron chi connectivity index (χ0n) is 14.6. The van der Waals surface area contributed by atoms with Crippen molar-refractivity contribution < 1.29 is 9.59 Å². The van der Waals surface area contributed by atoms with E-state index in [1.165, 1.54) is 11.5 Å². The Morgan fingerprint density at radius 3 is 2.41 bits per heavy atom. The summed E-state index contributed by atoms with van der Waals surface area (Å²) in [6.07, 6.45) is 0. The Kier molecular flexibility index (Phi) is 5.37. The van der Waals surface area contributed by atoms with Gasteiger partial charge in [0.05, 0.1) is 16.9 Å². The first-order valence-corrected chi connectivity index (χ1v) is 8.96. The van der Waals surface area contributed by atoms with Gasteiger partial charge in [-0.3, -0.25) is 9.59 Å². The van der Waals surface area contributed by atoms with Crippen molar-refractivity contribution in [2.75, 3.05) is 10.6 Å². The number of aryl methyl sites for hydroxylation is 1. The van der Waals surface area contributed by atoms with Crippen LogP contribution in [0.15, 0.2) is 54.6 Å². The summed E-state index contributed by atoms with van der Waals surface area (Å²) in [5.41, 5.74) is 14.1. The van der Waals surface area contributed by atoms with Crippen LogP contribution < -0.4 is 22.1 Å². The highest BCUT2D eigenvalue weighted by Crippen LogP contribution is 2.29. The summed E-state index contributed by atoms with van der Waals surface area (Å²) >= 11 is 1.28. The zero-order valence-corrected chi connectivity index (χ0v) is 15.4. The SMILES string of the molecule is Cc1cc(Nc2cc(N[C@@H](C(N)=O)c3ccccc3)ccc2C(N)=O)sn1. The first-order chi connectivity index (χ1) is 12.9. The van der Waals surface area contributed by atoms with E-state index in [1.807, 2.05) is 43.3 Å². The van der Waals surface area contributed by atoms with E-state index < -0.39 is 17.9 Å². The molecule has 7 nitrogen and oxygen atoms in total. The second kappa shape index (κ2) is 7.88. The smallest absolute Gasteiger partial charge is 0.250 e. The number of nitrogens with one attached hydrogen (secondary N) is 2. The third-order valence-electron chi connectivity index (χ3n) is 3.90. The number of carbonyl (C=O) groups is 2. The molecule has 0 fully saturated rings. The lowest BCUT2D eigenvalue weighted by Gasteiger charge is -2.18. The van der Waals surface area contributed by atoms with Crippen LogP contribution in [-0.4, -0.2) is 16.2 Å². The lowest BCUT2D eigenvalue weighted by Crippen LogP contribution is -2.27. The highest BCUT2D eigenvalue weighted by Gasteiger charge is 2.18. The van der Waals surface area contributed by atoms with Crippen LogP contribution in [0.4, 0.5) is 16.4 Å². The van der Waals surface area contributed by atoms with Crippen molar-refractivity contribution in [3.05, 3.63) is 71.4 Å². The summed E-state index contributed by atoms with van der Waals surface area (Å²) in [5, 5.41) is 7.05. The number of rotatable bonds is 7. The van der Waals surface area contributed by atoms with E-state index >= 15 is 0 Å². The second-order valence-electron chi connectivity index (χ2n) is 5.97. The summed E-state index contributed by atoms with van der Waals surface area (Å²) in [5.74, 6) is -1.06. The maximum atomic E-state index is 11.9. The van der Waals surface area contributed by atoms with Crippen LogP contribution in [0.25, 0.3) is 0 Å². The molecule has 0 saturated carbocycles. The first kappa shape index (κ1) is 18.4. The molecule has 1 aromatic heterocycles. The maximum absolute atomic E-state index is 11.9. The van der Waals surface area contributed by atoms with E-state index in [4.69, 9.17) is 11.5 Å². The quantitative estimate of drug-likeness (QED) is 0.501. The van der Waals surface area contributed by atoms with Gasteiger partial charge in [0.15, 0.2) is 0 Å². The van der Waals surface area contributed by atoms with Crippen molar-refractivity contribution in [3.8, 4) is 0 Å². The fraction of sp³-hybridized carbons (Fsp3) is 0.105. The van der Waals surface area contributed by atoms with Gasteiger partial charge in [-0.05, 0) is 48.3 Å². The summed E-state index contributed by atoms with van der Waals surface area (Å²) < 4.78 is 4.21. The molecular weight excluding hydrogens is 362 g/mol.